The van der Waals surface area contributed by atoms with Gasteiger partial charge in [-0.15, -0.1) is 0 Å². The Morgan fingerprint density at radius 1 is 1.33 bits per heavy atom. The fourth-order valence-corrected chi connectivity index (χ4v) is 2.49. The monoisotopic (exact) mass is 271 g/mol. The van der Waals surface area contributed by atoms with Crippen molar-refractivity contribution in [3.8, 4) is 0 Å². The molecule has 1 nitrogen and oxygen atoms in total. The summed E-state index contributed by atoms with van der Waals surface area (Å²) in [5, 5.41) is 0.444. The summed E-state index contributed by atoms with van der Waals surface area (Å²) in [6.07, 6.45) is 5.01. The van der Waals surface area contributed by atoms with Gasteiger partial charge in [-0.2, -0.15) is 0 Å². The highest BCUT2D eigenvalue weighted by molar-refractivity contribution is 6.30. The second-order valence-corrected chi connectivity index (χ2v) is 5.51. The van der Waals surface area contributed by atoms with Gasteiger partial charge in [0.15, 0.2) is 0 Å². The van der Waals surface area contributed by atoms with E-state index in [9.17, 15) is 4.39 Å². The van der Waals surface area contributed by atoms with Gasteiger partial charge in [0.2, 0.25) is 0 Å². The molecular formula is C15H23ClFN. The van der Waals surface area contributed by atoms with E-state index < -0.39 is 0 Å². The molecule has 1 aromatic rings. The molecule has 3 heteroatoms. The van der Waals surface area contributed by atoms with E-state index in [2.05, 4.69) is 13.8 Å². The number of hydrogen-bond donors (Lipinski definition) is 1. The molecule has 102 valence electrons. The van der Waals surface area contributed by atoms with Gasteiger partial charge in [0, 0.05) is 5.02 Å². The Hall–Kier alpha value is -0.600. The van der Waals surface area contributed by atoms with E-state index in [1.807, 2.05) is 0 Å². The lowest BCUT2D eigenvalue weighted by atomic mass is 9.75. The maximum atomic E-state index is 13.9. The van der Waals surface area contributed by atoms with Crippen molar-refractivity contribution in [1.82, 2.24) is 0 Å². The van der Waals surface area contributed by atoms with Crippen LogP contribution >= 0.6 is 11.6 Å². The molecule has 0 aliphatic carbocycles. The molecule has 18 heavy (non-hydrogen) atoms. The van der Waals surface area contributed by atoms with Crippen molar-refractivity contribution >= 4 is 11.6 Å². The summed E-state index contributed by atoms with van der Waals surface area (Å²) in [6.45, 7) is 4.90. The van der Waals surface area contributed by atoms with Crippen LogP contribution in [0.3, 0.4) is 0 Å². The Balaban J connectivity index is 2.88. The molecule has 2 N–H and O–H groups in total. The normalized spacial score (nSPS) is 14.5. The number of nitrogens with two attached hydrogens (primary N) is 1. The maximum Gasteiger partial charge on any atom is 0.127 e. The average molecular weight is 272 g/mol. The molecule has 0 aliphatic heterocycles. The lowest BCUT2D eigenvalue weighted by molar-refractivity contribution is 0.248. The highest BCUT2D eigenvalue weighted by Crippen LogP contribution is 2.33. The van der Waals surface area contributed by atoms with Crippen molar-refractivity contribution < 1.29 is 4.39 Å². The van der Waals surface area contributed by atoms with E-state index >= 15 is 0 Å². The van der Waals surface area contributed by atoms with Gasteiger partial charge in [0.05, 0.1) is 0 Å². The third-order valence-electron chi connectivity index (χ3n) is 3.82. The Morgan fingerprint density at radius 3 is 2.56 bits per heavy atom. The summed E-state index contributed by atoms with van der Waals surface area (Å²) in [4.78, 5) is 0. The molecule has 0 fully saturated rings. The molecule has 0 saturated heterocycles. The molecular weight excluding hydrogens is 249 g/mol. The molecule has 0 bridgehead atoms. The van der Waals surface area contributed by atoms with Gasteiger partial charge in [0.1, 0.15) is 5.82 Å². The first-order chi connectivity index (χ1) is 8.56. The van der Waals surface area contributed by atoms with Gasteiger partial charge in [0.25, 0.3) is 0 Å². The minimum Gasteiger partial charge on any atom is -0.330 e. The van der Waals surface area contributed by atoms with E-state index in [0.29, 0.717) is 18.0 Å². The minimum absolute atomic E-state index is 0.0185. The third-order valence-corrected chi connectivity index (χ3v) is 4.06. The van der Waals surface area contributed by atoms with E-state index in [-0.39, 0.29) is 11.2 Å². The van der Waals surface area contributed by atoms with Gasteiger partial charge in [-0.3, -0.25) is 0 Å². The number of benzene rings is 1. The summed E-state index contributed by atoms with van der Waals surface area (Å²) < 4.78 is 13.9. The van der Waals surface area contributed by atoms with Crippen LogP contribution in [0.1, 0.15) is 45.1 Å². The molecule has 0 heterocycles. The van der Waals surface area contributed by atoms with Gasteiger partial charge < -0.3 is 5.73 Å². The molecule has 0 amide bonds. The second-order valence-electron chi connectivity index (χ2n) is 5.07. The van der Waals surface area contributed by atoms with Crippen LogP contribution in [0.2, 0.25) is 5.02 Å². The molecule has 1 aromatic carbocycles. The Labute approximate surface area is 115 Å². The fourth-order valence-electron chi connectivity index (χ4n) is 2.33. The zero-order valence-corrected chi connectivity index (χ0v) is 12.1. The van der Waals surface area contributed by atoms with Gasteiger partial charge >= 0.3 is 0 Å². The van der Waals surface area contributed by atoms with Crippen molar-refractivity contribution in [2.75, 3.05) is 6.54 Å². The predicted molar refractivity (Wildman–Crippen MR) is 76.4 cm³/mol. The van der Waals surface area contributed by atoms with E-state index in [1.54, 1.807) is 12.1 Å². The van der Waals surface area contributed by atoms with Crippen LogP contribution in [0.25, 0.3) is 0 Å². The summed E-state index contributed by atoms with van der Waals surface area (Å²) >= 11 is 5.77. The summed E-state index contributed by atoms with van der Waals surface area (Å²) in [7, 11) is 0. The van der Waals surface area contributed by atoms with Crippen molar-refractivity contribution in [3.05, 3.63) is 34.6 Å². The lowest BCUT2D eigenvalue weighted by Crippen LogP contribution is -2.32. The van der Waals surface area contributed by atoms with Crippen LogP contribution in [0.5, 0.6) is 0 Å². The van der Waals surface area contributed by atoms with Crippen LogP contribution in [-0.4, -0.2) is 6.54 Å². The highest BCUT2D eigenvalue weighted by atomic mass is 35.5. The first kappa shape index (κ1) is 15.5. The van der Waals surface area contributed by atoms with E-state index in [4.69, 9.17) is 17.3 Å². The lowest BCUT2D eigenvalue weighted by Gasteiger charge is -2.32. The largest absolute Gasteiger partial charge is 0.330 e. The molecule has 0 spiro atoms. The van der Waals surface area contributed by atoms with Crippen molar-refractivity contribution in [2.24, 2.45) is 11.1 Å². The molecule has 1 atom stereocenters. The van der Waals surface area contributed by atoms with Crippen LogP contribution < -0.4 is 5.73 Å². The predicted octanol–water partition coefficient (Wildman–Crippen LogP) is 4.57. The van der Waals surface area contributed by atoms with Crippen LogP contribution in [0.4, 0.5) is 4.39 Å². The first-order valence-electron chi connectivity index (χ1n) is 6.71. The zero-order valence-electron chi connectivity index (χ0n) is 11.3. The zero-order chi connectivity index (χ0) is 13.6. The Morgan fingerprint density at radius 2 is 2.06 bits per heavy atom. The van der Waals surface area contributed by atoms with Crippen LogP contribution in [-0.2, 0) is 6.42 Å². The molecule has 0 saturated carbocycles. The van der Waals surface area contributed by atoms with Crippen molar-refractivity contribution in [1.29, 1.82) is 0 Å². The maximum absolute atomic E-state index is 13.9. The van der Waals surface area contributed by atoms with E-state index in [0.717, 1.165) is 31.2 Å². The number of hydrogen-bond acceptors (Lipinski definition) is 1. The van der Waals surface area contributed by atoms with Crippen molar-refractivity contribution in [3.63, 3.8) is 0 Å². The van der Waals surface area contributed by atoms with E-state index in [1.165, 1.54) is 6.07 Å². The first-order valence-corrected chi connectivity index (χ1v) is 7.08. The summed E-state index contributed by atoms with van der Waals surface area (Å²) in [5.41, 5.74) is 6.68. The van der Waals surface area contributed by atoms with Gasteiger partial charge in [-0.05, 0) is 48.9 Å². The Kier molecular flexibility index (Phi) is 6.10. The number of unbranched alkanes of at least 4 members (excludes halogenated alkanes) is 1. The highest BCUT2D eigenvalue weighted by Gasteiger charge is 2.27. The summed E-state index contributed by atoms with van der Waals surface area (Å²) in [6, 6.07) is 4.91. The molecule has 0 aliphatic rings. The van der Waals surface area contributed by atoms with Crippen molar-refractivity contribution in [2.45, 2.75) is 46.0 Å². The fraction of sp³-hybridized carbons (Fsp3) is 0.600. The molecule has 0 aromatic heterocycles. The molecule has 1 rings (SSSR count). The second kappa shape index (κ2) is 7.10. The number of halogens is 2. The smallest absolute Gasteiger partial charge is 0.127 e. The molecule has 1 unspecified atom stereocenters. The topological polar surface area (TPSA) is 26.0 Å². The standard InChI is InChI=1S/C15H23ClFN/c1-3-5-8-15(4-2,11-18)10-12-6-7-13(16)9-14(12)17/h6-7,9H,3-5,8,10-11,18H2,1-2H3. The van der Waals surface area contributed by atoms with Gasteiger partial charge in [-0.25, -0.2) is 4.39 Å². The average Bonchev–Trinajstić information content (AvgIpc) is 2.37. The van der Waals surface area contributed by atoms with Crippen LogP contribution in [0.15, 0.2) is 18.2 Å². The quantitative estimate of drug-likeness (QED) is 0.773. The minimum atomic E-state index is -0.217. The third kappa shape index (κ3) is 3.96. The molecule has 0 radical (unpaired) electrons. The van der Waals surface area contributed by atoms with Crippen LogP contribution in [0, 0.1) is 11.2 Å². The Bertz CT molecular complexity index is 375. The SMILES string of the molecule is CCCCC(CC)(CN)Cc1ccc(Cl)cc1F. The number of rotatable bonds is 7. The van der Waals surface area contributed by atoms with Gasteiger partial charge in [-0.1, -0.05) is 44.4 Å². The summed E-state index contributed by atoms with van der Waals surface area (Å²) in [5.74, 6) is -0.217.